The van der Waals surface area contributed by atoms with Gasteiger partial charge < -0.3 is 14.5 Å². The van der Waals surface area contributed by atoms with Crippen molar-refractivity contribution in [1.82, 2.24) is 9.55 Å². The second kappa shape index (κ2) is 13.0. The van der Waals surface area contributed by atoms with Gasteiger partial charge in [0.1, 0.15) is 5.75 Å². The fourth-order valence-corrected chi connectivity index (χ4v) is 7.30. The SMILES string of the molecule is CCOC(=O)C1=C(c2ccccc2)N=c2s/c(=C\c3c(-c4ccccc4)[nH]c4c(OC)cccc34)c(=O)n2[C@H]1c1ccc(C(C)C)cc1. The van der Waals surface area contributed by atoms with Crippen molar-refractivity contribution in [1.29, 1.82) is 0 Å². The van der Waals surface area contributed by atoms with Crippen LogP contribution < -0.4 is 19.6 Å². The van der Waals surface area contributed by atoms with E-state index in [1.807, 2.05) is 97.1 Å². The summed E-state index contributed by atoms with van der Waals surface area (Å²) >= 11 is 1.31. The molecule has 1 N–H and O–H groups in total. The van der Waals surface area contributed by atoms with Gasteiger partial charge in [-0.25, -0.2) is 9.79 Å². The molecular formula is C40H35N3O4S. The number of nitrogens with zero attached hydrogens (tertiary/aromatic N) is 2. The number of thiazole rings is 1. The van der Waals surface area contributed by atoms with Gasteiger partial charge >= 0.3 is 5.97 Å². The first-order valence-corrected chi connectivity index (χ1v) is 16.8. The molecule has 0 aliphatic carbocycles. The van der Waals surface area contributed by atoms with Crippen LogP contribution in [-0.2, 0) is 9.53 Å². The third-order valence-electron chi connectivity index (χ3n) is 8.69. The maximum absolute atomic E-state index is 14.6. The Hall–Kier alpha value is -5.47. The first-order valence-electron chi connectivity index (χ1n) is 16.0. The quantitative estimate of drug-likeness (QED) is 0.176. The minimum absolute atomic E-state index is 0.195. The number of carbonyl (C=O) groups is 1. The summed E-state index contributed by atoms with van der Waals surface area (Å²) in [5.41, 5.74) is 6.91. The molecule has 240 valence electrons. The number of esters is 1. The number of aromatic nitrogens is 2. The lowest BCUT2D eigenvalue weighted by atomic mass is 9.91. The van der Waals surface area contributed by atoms with E-state index in [-0.39, 0.29) is 12.2 Å². The van der Waals surface area contributed by atoms with Gasteiger partial charge in [-0.1, -0.05) is 122 Å². The van der Waals surface area contributed by atoms with Gasteiger partial charge in [-0.2, -0.15) is 0 Å². The predicted molar refractivity (Wildman–Crippen MR) is 192 cm³/mol. The molecule has 0 fully saturated rings. The van der Waals surface area contributed by atoms with Crippen molar-refractivity contribution in [2.45, 2.75) is 32.7 Å². The second-order valence-corrected chi connectivity index (χ2v) is 12.9. The summed E-state index contributed by atoms with van der Waals surface area (Å²) < 4.78 is 13.5. The minimum atomic E-state index is -0.740. The zero-order valence-corrected chi connectivity index (χ0v) is 28.0. The number of rotatable bonds is 8. The zero-order valence-electron chi connectivity index (χ0n) is 27.2. The van der Waals surface area contributed by atoms with Gasteiger partial charge in [0, 0.05) is 16.5 Å². The Morgan fingerprint density at radius 2 is 1.62 bits per heavy atom. The maximum Gasteiger partial charge on any atom is 0.338 e. The van der Waals surface area contributed by atoms with Crippen LogP contribution in [0, 0.1) is 0 Å². The molecule has 3 heterocycles. The number of hydrogen-bond acceptors (Lipinski definition) is 6. The Morgan fingerprint density at radius 3 is 2.27 bits per heavy atom. The smallest absolute Gasteiger partial charge is 0.338 e. The van der Waals surface area contributed by atoms with Crippen LogP contribution in [0.2, 0.25) is 0 Å². The van der Waals surface area contributed by atoms with Crippen LogP contribution in [0.3, 0.4) is 0 Å². The van der Waals surface area contributed by atoms with Crippen LogP contribution >= 0.6 is 11.3 Å². The molecular weight excluding hydrogens is 619 g/mol. The van der Waals surface area contributed by atoms with Gasteiger partial charge in [-0.05, 0) is 41.7 Å². The largest absolute Gasteiger partial charge is 0.495 e. The molecule has 0 radical (unpaired) electrons. The Balaban J connectivity index is 1.53. The number of H-pyrrole nitrogens is 1. The molecule has 1 aliphatic heterocycles. The lowest BCUT2D eigenvalue weighted by Crippen LogP contribution is -2.40. The van der Waals surface area contributed by atoms with E-state index in [9.17, 15) is 9.59 Å². The standard InChI is InChI=1S/C40H35N3O4S/c1-5-47-39(45)33-35(27-15-10-7-11-16-27)42-40-43(37(33)28-21-19-25(20-22-28)24(2)3)38(44)32(48-40)23-30-29-17-12-18-31(46-4)36(29)41-34(30)26-13-8-6-9-14-26/h6-24,37,41H,5H2,1-4H3/b32-23-/t37-/m0/s1. The summed E-state index contributed by atoms with van der Waals surface area (Å²) in [5.74, 6) is 0.541. The summed E-state index contributed by atoms with van der Waals surface area (Å²) in [5, 5.41) is 0.928. The number of carbonyl (C=O) groups excluding carboxylic acids is 1. The van der Waals surface area contributed by atoms with Crippen LogP contribution in [-0.4, -0.2) is 29.2 Å². The Bertz CT molecular complexity index is 2350. The third-order valence-corrected chi connectivity index (χ3v) is 9.67. The molecule has 4 aromatic carbocycles. The molecule has 0 amide bonds. The van der Waals surface area contributed by atoms with E-state index in [1.165, 1.54) is 16.9 Å². The van der Waals surface area contributed by atoms with E-state index >= 15 is 0 Å². The number of hydrogen-bond donors (Lipinski definition) is 1. The Labute approximate surface area is 282 Å². The molecule has 7 rings (SSSR count). The number of methoxy groups -OCH3 is 1. The van der Waals surface area contributed by atoms with E-state index in [1.54, 1.807) is 18.6 Å². The number of aromatic amines is 1. The summed E-state index contributed by atoms with van der Waals surface area (Å²) in [6, 6.07) is 32.9. The van der Waals surface area contributed by atoms with E-state index in [2.05, 4.69) is 31.0 Å². The van der Waals surface area contributed by atoms with E-state index < -0.39 is 12.0 Å². The summed E-state index contributed by atoms with van der Waals surface area (Å²) in [6.07, 6.45) is 1.93. The van der Waals surface area contributed by atoms with Crippen LogP contribution in [0.5, 0.6) is 5.75 Å². The second-order valence-electron chi connectivity index (χ2n) is 11.9. The number of fused-ring (bicyclic) bond motifs is 2. The Kier molecular flexibility index (Phi) is 8.41. The first-order chi connectivity index (χ1) is 23.4. The molecule has 0 spiro atoms. The van der Waals surface area contributed by atoms with Crippen LogP contribution in [0.1, 0.15) is 55.0 Å². The van der Waals surface area contributed by atoms with Gasteiger partial charge in [0.25, 0.3) is 5.56 Å². The van der Waals surface area contributed by atoms with Gasteiger partial charge in [-0.3, -0.25) is 9.36 Å². The molecule has 0 saturated carbocycles. The number of ether oxygens (including phenoxy) is 2. The zero-order chi connectivity index (χ0) is 33.4. The lowest BCUT2D eigenvalue weighted by molar-refractivity contribution is -0.138. The fourth-order valence-electron chi connectivity index (χ4n) is 6.31. The highest BCUT2D eigenvalue weighted by Crippen LogP contribution is 2.37. The molecule has 0 saturated heterocycles. The average molecular weight is 654 g/mol. The van der Waals surface area contributed by atoms with Gasteiger partial charge in [0.05, 0.1) is 46.8 Å². The highest BCUT2D eigenvalue weighted by atomic mass is 32.1. The predicted octanol–water partition coefficient (Wildman–Crippen LogP) is 7.22. The number of nitrogens with one attached hydrogen (secondary N) is 1. The van der Waals surface area contributed by atoms with E-state index in [4.69, 9.17) is 14.5 Å². The van der Waals surface area contributed by atoms with Crippen molar-refractivity contribution >= 4 is 40.0 Å². The molecule has 48 heavy (non-hydrogen) atoms. The lowest BCUT2D eigenvalue weighted by Gasteiger charge is -2.26. The summed E-state index contributed by atoms with van der Waals surface area (Å²) in [6.45, 7) is 6.25. The van der Waals surface area contributed by atoms with E-state index in [0.29, 0.717) is 32.3 Å². The number of para-hydroxylation sites is 1. The monoisotopic (exact) mass is 653 g/mol. The Morgan fingerprint density at radius 1 is 0.938 bits per heavy atom. The molecule has 2 aromatic heterocycles. The third kappa shape index (κ3) is 5.48. The first kappa shape index (κ1) is 31.1. The van der Waals surface area contributed by atoms with Crippen molar-refractivity contribution < 1.29 is 14.3 Å². The van der Waals surface area contributed by atoms with Gasteiger partial charge in [0.2, 0.25) is 0 Å². The fraction of sp³-hybridized carbons (Fsp3) is 0.175. The maximum atomic E-state index is 14.6. The van der Waals surface area contributed by atoms with Crippen LogP contribution in [0.15, 0.2) is 118 Å². The van der Waals surface area contributed by atoms with Crippen molar-refractivity contribution in [3.05, 3.63) is 151 Å². The molecule has 7 nitrogen and oxygen atoms in total. The molecule has 8 heteroatoms. The highest BCUT2D eigenvalue weighted by Gasteiger charge is 2.35. The van der Waals surface area contributed by atoms with Crippen LogP contribution in [0.4, 0.5) is 0 Å². The van der Waals surface area contributed by atoms with Crippen molar-refractivity contribution in [2.75, 3.05) is 13.7 Å². The van der Waals surface area contributed by atoms with Crippen molar-refractivity contribution in [3.63, 3.8) is 0 Å². The average Bonchev–Trinajstić information content (AvgIpc) is 3.65. The molecule has 1 aliphatic rings. The van der Waals surface area contributed by atoms with Crippen molar-refractivity contribution in [2.24, 2.45) is 4.99 Å². The van der Waals surface area contributed by atoms with E-state index in [0.717, 1.165) is 38.9 Å². The normalized spacial score (nSPS) is 14.7. The summed E-state index contributed by atoms with van der Waals surface area (Å²) in [7, 11) is 1.65. The van der Waals surface area contributed by atoms with Gasteiger partial charge in [-0.15, -0.1) is 0 Å². The molecule has 1 atom stereocenters. The topological polar surface area (TPSA) is 85.7 Å². The van der Waals surface area contributed by atoms with Gasteiger partial charge in [0.15, 0.2) is 4.80 Å². The van der Waals surface area contributed by atoms with Crippen LogP contribution in [0.25, 0.3) is 33.9 Å². The molecule has 0 unspecified atom stereocenters. The highest BCUT2D eigenvalue weighted by molar-refractivity contribution is 7.07. The number of benzene rings is 4. The summed E-state index contributed by atoms with van der Waals surface area (Å²) in [4.78, 5) is 37.6. The molecule has 0 bridgehead atoms. The van der Waals surface area contributed by atoms with Crippen molar-refractivity contribution in [3.8, 4) is 17.0 Å². The molecule has 6 aromatic rings. The minimum Gasteiger partial charge on any atom is -0.495 e.